The van der Waals surface area contributed by atoms with Crippen molar-refractivity contribution in [3.8, 4) is 11.1 Å². The summed E-state index contributed by atoms with van der Waals surface area (Å²) < 4.78 is 1.12. The van der Waals surface area contributed by atoms with E-state index in [0.717, 1.165) is 29.7 Å². The van der Waals surface area contributed by atoms with Crippen LogP contribution in [0.25, 0.3) is 21.3 Å². The molecule has 1 saturated heterocycles. The highest BCUT2D eigenvalue weighted by Gasteiger charge is 2.16. The van der Waals surface area contributed by atoms with Crippen LogP contribution in [-0.2, 0) is 11.2 Å². The van der Waals surface area contributed by atoms with Crippen LogP contribution in [0.2, 0.25) is 0 Å². The van der Waals surface area contributed by atoms with Gasteiger partial charge in [0.05, 0.1) is 16.8 Å². The Morgan fingerprint density at radius 3 is 2.67 bits per heavy atom. The van der Waals surface area contributed by atoms with Gasteiger partial charge in [-0.2, -0.15) is 0 Å². The summed E-state index contributed by atoms with van der Waals surface area (Å²) in [5.74, 6) is 0.0370. The molecule has 1 aliphatic rings. The number of anilines is 1. The van der Waals surface area contributed by atoms with Crippen LogP contribution < -0.4 is 5.32 Å². The number of rotatable bonds is 5. The maximum absolute atomic E-state index is 12.4. The van der Waals surface area contributed by atoms with Gasteiger partial charge < -0.3 is 5.32 Å². The van der Waals surface area contributed by atoms with E-state index in [4.69, 9.17) is 0 Å². The van der Waals surface area contributed by atoms with Gasteiger partial charge in [0.1, 0.15) is 0 Å². The number of aromatic nitrogens is 1. The van der Waals surface area contributed by atoms with Gasteiger partial charge in [0.25, 0.3) is 0 Å². The van der Waals surface area contributed by atoms with E-state index < -0.39 is 0 Å². The van der Waals surface area contributed by atoms with Gasteiger partial charge in [0.15, 0.2) is 5.13 Å². The van der Waals surface area contributed by atoms with Crippen molar-refractivity contribution in [3.63, 3.8) is 0 Å². The lowest BCUT2D eigenvalue weighted by Gasteiger charge is -2.25. The number of aryl methyl sites for hydroxylation is 1. The summed E-state index contributed by atoms with van der Waals surface area (Å²) in [5.41, 5.74) is 4.69. The number of hydrogen-bond donors (Lipinski definition) is 1. The minimum Gasteiger partial charge on any atom is -0.301 e. The second-order valence-corrected chi connectivity index (χ2v) is 8.13. The van der Waals surface area contributed by atoms with Gasteiger partial charge in [-0.05, 0) is 61.2 Å². The van der Waals surface area contributed by atoms with Crippen LogP contribution in [-0.4, -0.2) is 35.4 Å². The van der Waals surface area contributed by atoms with Gasteiger partial charge >= 0.3 is 0 Å². The average molecular weight is 380 g/mol. The first-order chi connectivity index (χ1) is 13.2. The summed E-state index contributed by atoms with van der Waals surface area (Å²) in [4.78, 5) is 19.3. The van der Waals surface area contributed by atoms with E-state index in [9.17, 15) is 4.79 Å². The number of thiazole rings is 1. The summed E-state index contributed by atoms with van der Waals surface area (Å²) in [6, 6.07) is 14.8. The van der Waals surface area contributed by atoms with Crippen LogP contribution in [0.3, 0.4) is 0 Å². The van der Waals surface area contributed by atoms with Gasteiger partial charge in [-0.1, -0.05) is 55.0 Å². The van der Waals surface area contributed by atoms with Gasteiger partial charge in [-0.3, -0.25) is 9.69 Å². The van der Waals surface area contributed by atoms with Crippen LogP contribution in [0.15, 0.2) is 42.5 Å². The highest BCUT2D eigenvalue weighted by atomic mass is 32.1. The van der Waals surface area contributed by atoms with E-state index in [1.165, 1.54) is 36.0 Å². The zero-order chi connectivity index (χ0) is 18.6. The fourth-order valence-electron chi connectivity index (χ4n) is 3.73. The largest absolute Gasteiger partial charge is 0.301 e. The molecular weight excluding hydrogens is 354 g/mol. The Balaban J connectivity index is 1.55. The highest BCUT2D eigenvalue weighted by Crippen LogP contribution is 2.33. The fourth-order valence-corrected chi connectivity index (χ4v) is 4.66. The van der Waals surface area contributed by atoms with Crippen molar-refractivity contribution in [1.82, 2.24) is 9.88 Å². The Morgan fingerprint density at radius 2 is 1.93 bits per heavy atom. The lowest BCUT2D eigenvalue weighted by atomic mass is 9.98. The number of amides is 1. The van der Waals surface area contributed by atoms with Crippen LogP contribution in [0.5, 0.6) is 0 Å². The predicted molar refractivity (Wildman–Crippen MR) is 113 cm³/mol. The van der Waals surface area contributed by atoms with Crippen molar-refractivity contribution in [1.29, 1.82) is 0 Å². The molecule has 140 valence electrons. The first-order valence-corrected chi connectivity index (χ1v) is 10.6. The lowest BCUT2D eigenvalue weighted by Crippen LogP contribution is -2.36. The molecule has 1 aliphatic heterocycles. The van der Waals surface area contributed by atoms with Gasteiger partial charge in [-0.15, -0.1) is 0 Å². The summed E-state index contributed by atoms with van der Waals surface area (Å²) in [6.07, 6.45) is 4.63. The van der Waals surface area contributed by atoms with Crippen LogP contribution in [0, 0.1) is 0 Å². The molecule has 0 saturated carbocycles. The number of carbonyl (C=O) groups excluding carboxylic acids is 1. The van der Waals surface area contributed by atoms with Crippen molar-refractivity contribution < 1.29 is 4.79 Å². The van der Waals surface area contributed by atoms with Crippen LogP contribution in [0.4, 0.5) is 5.13 Å². The monoisotopic (exact) mass is 379 g/mol. The number of hydrogen-bond acceptors (Lipinski definition) is 4. The summed E-state index contributed by atoms with van der Waals surface area (Å²) in [7, 11) is 0. The summed E-state index contributed by atoms with van der Waals surface area (Å²) in [6.45, 7) is 4.68. The Labute approximate surface area is 164 Å². The number of benzene rings is 2. The van der Waals surface area contributed by atoms with Gasteiger partial charge in [0, 0.05) is 0 Å². The van der Waals surface area contributed by atoms with E-state index in [0.29, 0.717) is 11.7 Å². The maximum atomic E-state index is 12.4. The first-order valence-electron chi connectivity index (χ1n) is 9.74. The quantitative estimate of drug-likeness (QED) is 0.682. The summed E-state index contributed by atoms with van der Waals surface area (Å²) >= 11 is 1.56. The average Bonchev–Trinajstić information content (AvgIpc) is 3.09. The Kier molecular flexibility index (Phi) is 5.50. The molecule has 4 rings (SSSR count). The molecule has 0 radical (unpaired) electrons. The third kappa shape index (κ3) is 4.20. The molecule has 1 fully saturated rings. The molecule has 5 heteroatoms. The molecule has 3 aromatic rings. The fraction of sp³-hybridized carbons (Fsp3) is 0.364. The Morgan fingerprint density at radius 1 is 1.15 bits per heavy atom. The van der Waals surface area contributed by atoms with Gasteiger partial charge in [0.2, 0.25) is 5.91 Å². The topological polar surface area (TPSA) is 45.2 Å². The molecule has 2 heterocycles. The predicted octanol–water partition coefficient (Wildman–Crippen LogP) is 4.95. The molecule has 1 N–H and O–H groups in total. The smallest absolute Gasteiger partial charge is 0.240 e. The Bertz CT molecular complexity index is 929. The molecule has 0 aliphatic carbocycles. The SMILES string of the molecule is CCc1cc2sc(NC(=O)CN3CCCCC3)nc2cc1-c1ccccc1. The highest BCUT2D eigenvalue weighted by molar-refractivity contribution is 7.22. The van der Waals surface area contributed by atoms with E-state index in [1.807, 2.05) is 6.07 Å². The molecule has 1 aromatic heterocycles. The second-order valence-electron chi connectivity index (χ2n) is 7.10. The van der Waals surface area contributed by atoms with Crippen molar-refractivity contribution in [2.45, 2.75) is 32.6 Å². The molecule has 27 heavy (non-hydrogen) atoms. The molecule has 2 aromatic carbocycles. The zero-order valence-corrected chi connectivity index (χ0v) is 16.5. The maximum Gasteiger partial charge on any atom is 0.240 e. The van der Waals surface area contributed by atoms with Crippen molar-refractivity contribution in [2.24, 2.45) is 0 Å². The molecule has 1 amide bonds. The van der Waals surface area contributed by atoms with E-state index in [-0.39, 0.29) is 5.91 Å². The third-order valence-electron chi connectivity index (χ3n) is 5.14. The molecule has 0 unspecified atom stereocenters. The van der Waals surface area contributed by atoms with E-state index >= 15 is 0 Å². The van der Waals surface area contributed by atoms with Gasteiger partial charge in [-0.25, -0.2) is 4.98 Å². The van der Waals surface area contributed by atoms with Crippen molar-refractivity contribution in [2.75, 3.05) is 25.0 Å². The number of carbonyl (C=O) groups is 1. The van der Waals surface area contributed by atoms with Crippen LogP contribution >= 0.6 is 11.3 Å². The number of fused-ring (bicyclic) bond motifs is 1. The van der Waals surface area contributed by atoms with E-state index in [2.05, 4.69) is 58.5 Å². The third-order valence-corrected chi connectivity index (χ3v) is 6.07. The second kappa shape index (κ2) is 8.19. The van der Waals surface area contributed by atoms with E-state index in [1.54, 1.807) is 11.3 Å². The Hall–Kier alpha value is -2.24. The number of piperidine rings is 1. The minimum atomic E-state index is 0.0370. The van der Waals surface area contributed by atoms with Crippen molar-refractivity contribution >= 4 is 32.6 Å². The molecule has 4 nitrogen and oxygen atoms in total. The molecule has 0 spiro atoms. The normalized spacial score (nSPS) is 15.1. The minimum absolute atomic E-state index is 0.0370. The molecule has 0 atom stereocenters. The number of nitrogens with one attached hydrogen (secondary N) is 1. The van der Waals surface area contributed by atoms with Crippen LogP contribution in [0.1, 0.15) is 31.7 Å². The van der Waals surface area contributed by atoms with Crippen molar-refractivity contribution in [3.05, 3.63) is 48.0 Å². The lowest BCUT2D eigenvalue weighted by molar-refractivity contribution is -0.117. The zero-order valence-electron chi connectivity index (χ0n) is 15.7. The number of nitrogens with zero attached hydrogens (tertiary/aromatic N) is 2. The number of likely N-dealkylation sites (tertiary alicyclic amines) is 1. The standard InChI is InChI=1S/C22H25N3OS/c1-2-16-13-20-19(14-18(16)17-9-5-3-6-10-17)23-22(27-20)24-21(26)15-25-11-7-4-8-12-25/h3,5-6,9-10,13-14H,2,4,7-8,11-12,15H2,1H3,(H,23,24,26). The molecular formula is C22H25N3OS. The summed E-state index contributed by atoms with van der Waals surface area (Å²) in [5, 5.41) is 3.70. The molecule has 0 bridgehead atoms. The first kappa shape index (κ1) is 18.1.